The summed E-state index contributed by atoms with van der Waals surface area (Å²) in [6, 6.07) is 10.9. The minimum atomic E-state index is -4.40. The minimum Gasteiger partial charge on any atom is -0.375 e. The highest BCUT2D eigenvalue weighted by molar-refractivity contribution is 7.19. The molecule has 0 atom stereocenters. The number of anilines is 1. The maximum absolute atomic E-state index is 13.0. The van der Waals surface area contributed by atoms with Gasteiger partial charge in [-0.05, 0) is 29.8 Å². The van der Waals surface area contributed by atoms with Crippen LogP contribution in [0.3, 0.4) is 0 Å². The standard InChI is InChI=1S/C17H10F3N3S2/c18-17(19,20)11-3-1-2-9(6-11)14-15(25-16(21)23-14)10-4-5-12-13(7-10)24-8-22-12/h1-8H,(H2,21,23). The van der Waals surface area contributed by atoms with Crippen LogP contribution in [0.5, 0.6) is 0 Å². The number of benzene rings is 2. The van der Waals surface area contributed by atoms with Gasteiger partial charge in [-0.1, -0.05) is 29.5 Å². The number of alkyl halides is 3. The highest BCUT2D eigenvalue weighted by Crippen LogP contribution is 2.40. The molecule has 0 unspecified atom stereocenters. The fourth-order valence-corrected chi connectivity index (χ4v) is 4.13. The molecule has 2 heterocycles. The van der Waals surface area contributed by atoms with E-state index >= 15 is 0 Å². The summed E-state index contributed by atoms with van der Waals surface area (Å²) in [5.41, 5.74) is 9.48. The molecule has 2 aromatic heterocycles. The first-order chi connectivity index (χ1) is 11.9. The van der Waals surface area contributed by atoms with E-state index in [1.54, 1.807) is 11.6 Å². The Morgan fingerprint density at radius 2 is 1.84 bits per heavy atom. The van der Waals surface area contributed by atoms with Gasteiger partial charge in [0.2, 0.25) is 0 Å². The molecule has 3 nitrogen and oxygen atoms in total. The third kappa shape index (κ3) is 2.98. The minimum absolute atomic E-state index is 0.312. The molecular weight excluding hydrogens is 367 g/mol. The Balaban J connectivity index is 1.87. The number of thiazole rings is 2. The van der Waals surface area contributed by atoms with Gasteiger partial charge < -0.3 is 5.73 Å². The van der Waals surface area contributed by atoms with Crippen molar-refractivity contribution in [3.63, 3.8) is 0 Å². The van der Waals surface area contributed by atoms with Crippen LogP contribution in [-0.4, -0.2) is 9.97 Å². The average molecular weight is 377 g/mol. The molecule has 0 aliphatic carbocycles. The van der Waals surface area contributed by atoms with E-state index in [1.807, 2.05) is 18.2 Å². The van der Waals surface area contributed by atoms with E-state index in [4.69, 9.17) is 5.73 Å². The molecule has 25 heavy (non-hydrogen) atoms. The van der Waals surface area contributed by atoms with E-state index in [0.717, 1.165) is 32.8 Å². The Hall–Kier alpha value is -2.45. The quantitative estimate of drug-likeness (QED) is 0.488. The van der Waals surface area contributed by atoms with Gasteiger partial charge in [0.25, 0.3) is 0 Å². The fraction of sp³-hybridized carbons (Fsp3) is 0.0588. The number of fused-ring (bicyclic) bond motifs is 1. The van der Waals surface area contributed by atoms with Crippen LogP contribution in [0, 0.1) is 0 Å². The second-order valence-corrected chi connectivity index (χ2v) is 7.26. The molecule has 126 valence electrons. The van der Waals surface area contributed by atoms with E-state index in [9.17, 15) is 13.2 Å². The number of nitrogens with two attached hydrogens (primary N) is 1. The highest BCUT2D eigenvalue weighted by Gasteiger charge is 2.31. The van der Waals surface area contributed by atoms with Gasteiger partial charge >= 0.3 is 6.18 Å². The summed E-state index contributed by atoms with van der Waals surface area (Å²) in [5, 5.41) is 0.312. The van der Waals surface area contributed by atoms with Crippen LogP contribution in [0.25, 0.3) is 31.9 Å². The van der Waals surface area contributed by atoms with Crippen LogP contribution >= 0.6 is 22.7 Å². The molecule has 2 aromatic carbocycles. The van der Waals surface area contributed by atoms with Crippen molar-refractivity contribution in [2.75, 3.05) is 5.73 Å². The Kier molecular flexibility index (Phi) is 3.73. The molecule has 0 amide bonds. The molecule has 0 spiro atoms. The van der Waals surface area contributed by atoms with Crippen LogP contribution in [0.1, 0.15) is 5.56 Å². The number of rotatable bonds is 2. The molecule has 2 N–H and O–H groups in total. The highest BCUT2D eigenvalue weighted by atomic mass is 32.1. The lowest BCUT2D eigenvalue weighted by Gasteiger charge is -2.09. The smallest absolute Gasteiger partial charge is 0.375 e. The third-order valence-electron chi connectivity index (χ3n) is 3.70. The molecule has 0 aliphatic rings. The van der Waals surface area contributed by atoms with Crippen molar-refractivity contribution in [1.82, 2.24) is 9.97 Å². The fourth-order valence-electron chi connectivity index (χ4n) is 2.57. The first-order valence-corrected chi connectivity index (χ1v) is 8.89. The lowest BCUT2D eigenvalue weighted by atomic mass is 10.0. The number of halogens is 3. The topological polar surface area (TPSA) is 51.8 Å². The lowest BCUT2D eigenvalue weighted by Crippen LogP contribution is -2.04. The molecule has 4 aromatic rings. The summed E-state index contributed by atoms with van der Waals surface area (Å²) in [6.45, 7) is 0. The average Bonchev–Trinajstić information content (AvgIpc) is 3.19. The zero-order chi connectivity index (χ0) is 17.6. The van der Waals surface area contributed by atoms with Crippen molar-refractivity contribution in [3.8, 4) is 21.7 Å². The Morgan fingerprint density at radius 3 is 2.64 bits per heavy atom. The van der Waals surface area contributed by atoms with Crippen LogP contribution in [0.15, 0.2) is 48.0 Å². The van der Waals surface area contributed by atoms with Gasteiger partial charge in [0.1, 0.15) is 0 Å². The Labute approximate surface area is 148 Å². The first kappa shape index (κ1) is 16.0. The predicted molar refractivity (Wildman–Crippen MR) is 95.6 cm³/mol. The number of aromatic nitrogens is 2. The van der Waals surface area contributed by atoms with Crippen molar-refractivity contribution in [2.45, 2.75) is 6.18 Å². The molecular formula is C17H10F3N3S2. The van der Waals surface area contributed by atoms with Crippen molar-refractivity contribution >= 4 is 38.0 Å². The number of nitrogen functional groups attached to an aromatic ring is 1. The summed E-state index contributed by atoms with van der Waals surface area (Å²) in [6.07, 6.45) is -4.40. The molecule has 0 saturated carbocycles. The van der Waals surface area contributed by atoms with E-state index in [2.05, 4.69) is 9.97 Å². The number of nitrogens with zero attached hydrogens (tertiary/aromatic N) is 2. The van der Waals surface area contributed by atoms with E-state index < -0.39 is 11.7 Å². The molecule has 0 radical (unpaired) electrons. The zero-order valence-electron chi connectivity index (χ0n) is 12.5. The third-order valence-corrected chi connectivity index (χ3v) is 5.43. The normalized spacial score (nSPS) is 12.0. The van der Waals surface area contributed by atoms with Crippen molar-refractivity contribution in [3.05, 3.63) is 53.5 Å². The van der Waals surface area contributed by atoms with E-state index in [0.29, 0.717) is 16.4 Å². The van der Waals surface area contributed by atoms with Gasteiger partial charge in [-0.25, -0.2) is 9.97 Å². The summed E-state index contributed by atoms with van der Waals surface area (Å²) >= 11 is 2.76. The van der Waals surface area contributed by atoms with Gasteiger partial charge in [-0.2, -0.15) is 13.2 Å². The Bertz CT molecular complexity index is 1070. The maximum atomic E-state index is 13.0. The van der Waals surface area contributed by atoms with Crippen LogP contribution in [0.2, 0.25) is 0 Å². The molecule has 0 fully saturated rings. The summed E-state index contributed by atoms with van der Waals surface area (Å²) in [7, 11) is 0. The molecule has 0 aliphatic heterocycles. The largest absolute Gasteiger partial charge is 0.416 e. The van der Waals surface area contributed by atoms with E-state index in [1.165, 1.54) is 28.7 Å². The SMILES string of the molecule is Nc1nc(-c2cccc(C(F)(F)F)c2)c(-c2ccc3ncsc3c2)s1. The number of hydrogen-bond donors (Lipinski definition) is 1. The first-order valence-electron chi connectivity index (χ1n) is 7.19. The van der Waals surface area contributed by atoms with Gasteiger partial charge in [-0.3, -0.25) is 0 Å². The summed E-state index contributed by atoms with van der Waals surface area (Å²) < 4.78 is 40.0. The van der Waals surface area contributed by atoms with Gasteiger partial charge in [-0.15, -0.1) is 11.3 Å². The maximum Gasteiger partial charge on any atom is 0.416 e. The van der Waals surface area contributed by atoms with Gasteiger partial charge in [0.05, 0.1) is 31.9 Å². The lowest BCUT2D eigenvalue weighted by molar-refractivity contribution is -0.137. The van der Waals surface area contributed by atoms with Crippen LogP contribution < -0.4 is 5.73 Å². The predicted octanol–water partition coefficient (Wildman–Crippen LogP) is 5.69. The molecule has 0 saturated heterocycles. The molecule has 4 rings (SSSR count). The van der Waals surface area contributed by atoms with Crippen LogP contribution in [-0.2, 0) is 6.18 Å². The molecule has 8 heteroatoms. The second-order valence-electron chi connectivity index (χ2n) is 5.34. The summed E-state index contributed by atoms with van der Waals surface area (Å²) in [5.74, 6) is 0. The second kappa shape index (κ2) is 5.82. The van der Waals surface area contributed by atoms with Crippen LogP contribution in [0.4, 0.5) is 18.3 Å². The number of hydrogen-bond acceptors (Lipinski definition) is 5. The van der Waals surface area contributed by atoms with E-state index in [-0.39, 0.29) is 0 Å². The van der Waals surface area contributed by atoms with Gasteiger partial charge in [0.15, 0.2) is 5.13 Å². The monoisotopic (exact) mass is 377 g/mol. The summed E-state index contributed by atoms with van der Waals surface area (Å²) in [4.78, 5) is 9.24. The molecule has 0 bridgehead atoms. The van der Waals surface area contributed by atoms with Crippen molar-refractivity contribution in [1.29, 1.82) is 0 Å². The Morgan fingerprint density at radius 1 is 1.00 bits per heavy atom. The van der Waals surface area contributed by atoms with Gasteiger partial charge in [0, 0.05) is 5.56 Å². The van der Waals surface area contributed by atoms with Crippen molar-refractivity contribution in [2.24, 2.45) is 0 Å². The zero-order valence-corrected chi connectivity index (χ0v) is 14.2. The van der Waals surface area contributed by atoms with Crippen molar-refractivity contribution < 1.29 is 13.2 Å².